The predicted octanol–water partition coefficient (Wildman–Crippen LogP) is 2.29. The van der Waals surface area contributed by atoms with Crippen LogP contribution in [-0.2, 0) is 16.7 Å². The standard InChI is InChI=1S/C14H25N3OS/c1-10(15)12-13(14(2,3)4)16-11(19-12)9-17-5-7-18-8-6-17/h10H,5-9,15H2,1-4H3. The smallest absolute Gasteiger partial charge is 0.107 e. The minimum absolute atomic E-state index is 0.0583. The van der Waals surface area contributed by atoms with E-state index in [0.717, 1.165) is 38.5 Å². The summed E-state index contributed by atoms with van der Waals surface area (Å²) in [6.45, 7) is 13.2. The summed E-state index contributed by atoms with van der Waals surface area (Å²) in [5.74, 6) is 0. The predicted molar refractivity (Wildman–Crippen MR) is 79.5 cm³/mol. The minimum Gasteiger partial charge on any atom is -0.379 e. The average molecular weight is 283 g/mol. The van der Waals surface area contributed by atoms with Crippen LogP contribution in [0.4, 0.5) is 0 Å². The van der Waals surface area contributed by atoms with E-state index in [2.05, 4.69) is 25.7 Å². The third-order valence-corrected chi connectivity index (χ3v) is 4.53. The van der Waals surface area contributed by atoms with E-state index in [1.54, 1.807) is 11.3 Å². The largest absolute Gasteiger partial charge is 0.379 e. The first-order valence-corrected chi connectivity index (χ1v) is 7.75. The summed E-state index contributed by atoms with van der Waals surface area (Å²) in [6.07, 6.45) is 0. The van der Waals surface area contributed by atoms with Crippen LogP contribution in [0.1, 0.15) is 49.3 Å². The van der Waals surface area contributed by atoms with E-state index in [0.29, 0.717) is 0 Å². The molecule has 19 heavy (non-hydrogen) atoms. The molecule has 1 aliphatic rings. The van der Waals surface area contributed by atoms with Crippen LogP contribution in [0, 0.1) is 0 Å². The Kier molecular flexibility index (Phi) is 4.61. The van der Waals surface area contributed by atoms with Gasteiger partial charge in [-0.3, -0.25) is 4.90 Å². The van der Waals surface area contributed by atoms with Gasteiger partial charge in [-0.05, 0) is 6.92 Å². The maximum Gasteiger partial charge on any atom is 0.107 e. The molecule has 2 heterocycles. The monoisotopic (exact) mass is 283 g/mol. The molecule has 1 aromatic heterocycles. The van der Waals surface area contributed by atoms with Crippen molar-refractivity contribution in [1.29, 1.82) is 0 Å². The normalized spacial score (nSPS) is 19.6. The lowest BCUT2D eigenvalue weighted by atomic mass is 9.90. The third kappa shape index (κ3) is 3.75. The molecule has 2 N–H and O–H groups in total. The fourth-order valence-electron chi connectivity index (χ4n) is 2.24. The van der Waals surface area contributed by atoms with E-state index >= 15 is 0 Å². The summed E-state index contributed by atoms with van der Waals surface area (Å²) in [7, 11) is 0. The van der Waals surface area contributed by atoms with Crippen molar-refractivity contribution in [3.63, 3.8) is 0 Å². The zero-order chi connectivity index (χ0) is 14.0. The first-order valence-electron chi connectivity index (χ1n) is 6.93. The van der Waals surface area contributed by atoms with Crippen molar-refractivity contribution in [2.45, 2.75) is 45.7 Å². The number of aromatic nitrogens is 1. The summed E-state index contributed by atoms with van der Waals surface area (Å²) in [5, 5.41) is 1.18. The first-order chi connectivity index (χ1) is 8.88. The van der Waals surface area contributed by atoms with Crippen LogP contribution in [0.15, 0.2) is 0 Å². The van der Waals surface area contributed by atoms with Gasteiger partial charge in [0, 0.05) is 29.4 Å². The van der Waals surface area contributed by atoms with Gasteiger partial charge in [-0.1, -0.05) is 20.8 Å². The Labute approximate surface area is 120 Å². The van der Waals surface area contributed by atoms with Crippen LogP contribution in [0.5, 0.6) is 0 Å². The van der Waals surface area contributed by atoms with Crippen LogP contribution in [-0.4, -0.2) is 36.2 Å². The molecule has 1 saturated heterocycles. The minimum atomic E-state index is 0.0583. The molecular formula is C14H25N3OS. The quantitative estimate of drug-likeness (QED) is 0.925. The van der Waals surface area contributed by atoms with Gasteiger partial charge >= 0.3 is 0 Å². The number of ether oxygens (including phenoxy) is 1. The number of rotatable bonds is 3. The molecule has 1 atom stereocenters. The van der Waals surface area contributed by atoms with Crippen molar-refractivity contribution in [2.75, 3.05) is 26.3 Å². The van der Waals surface area contributed by atoms with Gasteiger partial charge < -0.3 is 10.5 Å². The Hall–Kier alpha value is -0.490. The molecule has 0 aliphatic carbocycles. The summed E-state index contributed by atoms with van der Waals surface area (Å²) >= 11 is 1.77. The molecule has 1 unspecified atom stereocenters. The van der Waals surface area contributed by atoms with E-state index in [1.807, 2.05) is 6.92 Å². The average Bonchev–Trinajstić information content (AvgIpc) is 2.74. The van der Waals surface area contributed by atoms with Crippen molar-refractivity contribution in [2.24, 2.45) is 5.73 Å². The van der Waals surface area contributed by atoms with Crippen LogP contribution in [0.25, 0.3) is 0 Å². The van der Waals surface area contributed by atoms with Gasteiger partial charge in [0.25, 0.3) is 0 Å². The SMILES string of the molecule is CC(N)c1sc(CN2CCOCC2)nc1C(C)(C)C. The van der Waals surface area contributed by atoms with E-state index in [-0.39, 0.29) is 11.5 Å². The van der Waals surface area contributed by atoms with E-state index < -0.39 is 0 Å². The van der Waals surface area contributed by atoms with E-state index in [4.69, 9.17) is 15.5 Å². The summed E-state index contributed by atoms with van der Waals surface area (Å²) in [4.78, 5) is 8.49. The molecule has 2 rings (SSSR count). The first kappa shape index (κ1) is 14.9. The van der Waals surface area contributed by atoms with Gasteiger partial charge in [-0.15, -0.1) is 11.3 Å². The Morgan fingerprint density at radius 1 is 1.37 bits per heavy atom. The maximum atomic E-state index is 6.09. The van der Waals surface area contributed by atoms with Crippen molar-refractivity contribution >= 4 is 11.3 Å². The molecule has 0 saturated carbocycles. The molecule has 108 valence electrons. The van der Waals surface area contributed by atoms with Crippen molar-refractivity contribution in [3.05, 3.63) is 15.6 Å². The molecule has 0 amide bonds. The van der Waals surface area contributed by atoms with Gasteiger partial charge in [0.2, 0.25) is 0 Å². The van der Waals surface area contributed by atoms with Crippen molar-refractivity contribution in [3.8, 4) is 0 Å². The molecule has 0 radical (unpaired) electrons. The van der Waals surface area contributed by atoms with Crippen molar-refractivity contribution in [1.82, 2.24) is 9.88 Å². The van der Waals surface area contributed by atoms with Gasteiger partial charge in [0.05, 0.1) is 25.5 Å². The van der Waals surface area contributed by atoms with Gasteiger partial charge in [0.15, 0.2) is 0 Å². The molecule has 1 aromatic rings. The number of nitrogens with two attached hydrogens (primary N) is 1. The number of thiazole rings is 1. The molecule has 1 aliphatic heterocycles. The number of nitrogens with zero attached hydrogens (tertiary/aromatic N) is 2. The second-order valence-electron chi connectivity index (χ2n) is 6.25. The third-order valence-electron chi connectivity index (χ3n) is 3.28. The lowest BCUT2D eigenvalue weighted by Gasteiger charge is -2.25. The fraction of sp³-hybridized carbons (Fsp3) is 0.786. The summed E-state index contributed by atoms with van der Waals surface area (Å²) in [5.41, 5.74) is 7.32. The maximum absolute atomic E-state index is 6.09. The highest BCUT2D eigenvalue weighted by Crippen LogP contribution is 2.33. The van der Waals surface area contributed by atoms with Crippen LogP contribution >= 0.6 is 11.3 Å². The molecular weight excluding hydrogens is 258 g/mol. The van der Waals surface area contributed by atoms with E-state index in [1.165, 1.54) is 9.88 Å². The fourth-order valence-corrected chi connectivity index (χ4v) is 3.51. The second-order valence-corrected chi connectivity index (χ2v) is 7.36. The van der Waals surface area contributed by atoms with Gasteiger partial charge in [-0.25, -0.2) is 4.98 Å². The second kappa shape index (κ2) is 5.87. The van der Waals surface area contributed by atoms with Crippen LogP contribution in [0.2, 0.25) is 0 Å². The number of hydrogen-bond acceptors (Lipinski definition) is 5. The highest BCUT2D eigenvalue weighted by Gasteiger charge is 2.25. The zero-order valence-electron chi connectivity index (χ0n) is 12.4. The van der Waals surface area contributed by atoms with Gasteiger partial charge in [-0.2, -0.15) is 0 Å². The summed E-state index contributed by atoms with van der Waals surface area (Å²) < 4.78 is 5.38. The van der Waals surface area contributed by atoms with Crippen molar-refractivity contribution < 1.29 is 4.74 Å². The highest BCUT2D eigenvalue weighted by atomic mass is 32.1. The number of morpholine rings is 1. The number of hydrogen-bond donors (Lipinski definition) is 1. The lowest BCUT2D eigenvalue weighted by Crippen LogP contribution is -2.35. The highest BCUT2D eigenvalue weighted by molar-refractivity contribution is 7.11. The Morgan fingerprint density at radius 2 is 2.00 bits per heavy atom. The molecule has 1 fully saturated rings. The lowest BCUT2D eigenvalue weighted by molar-refractivity contribution is 0.0341. The van der Waals surface area contributed by atoms with E-state index in [9.17, 15) is 0 Å². The zero-order valence-corrected chi connectivity index (χ0v) is 13.2. The van der Waals surface area contributed by atoms with Crippen LogP contribution in [0.3, 0.4) is 0 Å². The topological polar surface area (TPSA) is 51.4 Å². The molecule has 4 nitrogen and oxygen atoms in total. The Morgan fingerprint density at radius 3 is 2.47 bits per heavy atom. The Balaban J connectivity index is 2.17. The Bertz CT molecular complexity index is 417. The molecule has 0 spiro atoms. The molecule has 0 bridgehead atoms. The molecule has 0 aromatic carbocycles. The molecule has 5 heteroatoms. The van der Waals surface area contributed by atoms with Gasteiger partial charge in [0.1, 0.15) is 5.01 Å². The summed E-state index contributed by atoms with van der Waals surface area (Å²) in [6, 6.07) is 0.0603. The van der Waals surface area contributed by atoms with Crippen LogP contribution < -0.4 is 5.73 Å².